The van der Waals surface area contributed by atoms with Crippen LogP contribution in [-0.2, 0) is 0 Å². The second-order valence-corrected chi connectivity index (χ2v) is 3.74. The van der Waals surface area contributed by atoms with Crippen LogP contribution in [0.3, 0.4) is 0 Å². The van der Waals surface area contributed by atoms with Gasteiger partial charge >= 0.3 is 0 Å². The first-order chi connectivity index (χ1) is 6.25. The van der Waals surface area contributed by atoms with E-state index in [0.717, 1.165) is 10.4 Å². The van der Waals surface area contributed by atoms with Crippen LogP contribution in [0.1, 0.15) is 0 Å². The predicted molar refractivity (Wildman–Crippen MR) is 54.8 cm³/mol. The van der Waals surface area contributed by atoms with Crippen LogP contribution >= 0.6 is 22.9 Å². The molecular weight excluding hydrogens is 206 g/mol. The number of nitrogen functional groups attached to an aromatic ring is 1. The minimum atomic E-state index is 0.406. The molecule has 2 aromatic rings. The number of hydrogen-bond acceptors (Lipinski definition) is 4. The fraction of sp³-hybridized carbons (Fsp3) is 0. The summed E-state index contributed by atoms with van der Waals surface area (Å²) >= 11 is 7.30. The molecule has 2 heterocycles. The van der Waals surface area contributed by atoms with Crippen LogP contribution in [0.5, 0.6) is 0 Å². The normalized spacial score (nSPS) is 10.2. The van der Waals surface area contributed by atoms with Crippen molar-refractivity contribution < 1.29 is 0 Å². The predicted octanol–water partition coefficient (Wildman–Crippen LogP) is 2.44. The fourth-order valence-corrected chi connectivity index (χ4v) is 1.84. The number of thiazole rings is 1. The van der Waals surface area contributed by atoms with Gasteiger partial charge in [-0.25, -0.2) is 4.98 Å². The SMILES string of the molecule is Nc1cc(-c2cncs2)cc(Cl)n1. The lowest BCUT2D eigenvalue weighted by Gasteiger charge is -1.98. The van der Waals surface area contributed by atoms with E-state index >= 15 is 0 Å². The van der Waals surface area contributed by atoms with E-state index in [4.69, 9.17) is 17.3 Å². The van der Waals surface area contributed by atoms with Crippen LogP contribution < -0.4 is 5.73 Å². The zero-order valence-electron chi connectivity index (χ0n) is 6.57. The van der Waals surface area contributed by atoms with Crippen LogP contribution in [-0.4, -0.2) is 9.97 Å². The van der Waals surface area contributed by atoms with Crippen LogP contribution in [0.2, 0.25) is 5.15 Å². The summed E-state index contributed by atoms with van der Waals surface area (Å²) in [6.45, 7) is 0. The maximum absolute atomic E-state index is 5.76. The zero-order chi connectivity index (χ0) is 9.26. The molecule has 2 N–H and O–H groups in total. The van der Waals surface area contributed by atoms with Gasteiger partial charge in [-0.15, -0.1) is 11.3 Å². The minimum Gasteiger partial charge on any atom is -0.384 e. The van der Waals surface area contributed by atoms with Crippen molar-refractivity contribution in [2.75, 3.05) is 5.73 Å². The molecular formula is C8H6ClN3S. The van der Waals surface area contributed by atoms with Gasteiger partial charge in [-0.1, -0.05) is 11.6 Å². The number of halogens is 1. The Morgan fingerprint density at radius 2 is 2.23 bits per heavy atom. The lowest BCUT2D eigenvalue weighted by molar-refractivity contribution is 1.34. The molecule has 2 rings (SSSR count). The Morgan fingerprint density at radius 1 is 1.38 bits per heavy atom. The smallest absolute Gasteiger partial charge is 0.132 e. The van der Waals surface area contributed by atoms with E-state index in [2.05, 4.69) is 9.97 Å². The average Bonchev–Trinajstić information content (AvgIpc) is 2.53. The zero-order valence-corrected chi connectivity index (χ0v) is 8.14. The van der Waals surface area contributed by atoms with Crippen molar-refractivity contribution in [1.29, 1.82) is 0 Å². The molecule has 0 fully saturated rings. The van der Waals surface area contributed by atoms with Gasteiger partial charge < -0.3 is 5.73 Å². The van der Waals surface area contributed by atoms with Crippen molar-refractivity contribution in [3.63, 3.8) is 0 Å². The Labute approximate surface area is 84.2 Å². The molecule has 3 nitrogen and oxygen atoms in total. The van der Waals surface area contributed by atoms with E-state index in [1.165, 1.54) is 0 Å². The quantitative estimate of drug-likeness (QED) is 0.738. The summed E-state index contributed by atoms with van der Waals surface area (Å²) in [7, 11) is 0. The Hall–Kier alpha value is -1.13. The number of aromatic nitrogens is 2. The van der Waals surface area contributed by atoms with Crippen molar-refractivity contribution in [3.8, 4) is 10.4 Å². The second-order valence-electron chi connectivity index (χ2n) is 2.47. The van der Waals surface area contributed by atoms with E-state index in [1.54, 1.807) is 35.2 Å². The number of anilines is 1. The highest BCUT2D eigenvalue weighted by Crippen LogP contribution is 2.26. The van der Waals surface area contributed by atoms with Gasteiger partial charge in [0.2, 0.25) is 0 Å². The summed E-state index contributed by atoms with van der Waals surface area (Å²) in [4.78, 5) is 8.88. The summed E-state index contributed by atoms with van der Waals surface area (Å²) < 4.78 is 0. The third kappa shape index (κ3) is 1.79. The Bertz CT molecular complexity index is 393. The molecule has 5 heteroatoms. The summed E-state index contributed by atoms with van der Waals surface area (Å²) in [5.74, 6) is 0.427. The molecule has 0 saturated heterocycles. The van der Waals surface area contributed by atoms with Crippen LogP contribution in [0.25, 0.3) is 10.4 Å². The van der Waals surface area contributed by atoms with Crippen molar-refractivity contribution in [2.24, 2.45) is 0 Å². The topological polar surface area (TPSA) is 51.8 Å². The first-order valence-electron chi connectivity index (χ1n) is 3.57. The largest absolute Gasteiger partial charge is 0.384 e. The molecule has 0 aliphatic heterocycles. The molecule has 2 aromatic heterocycles. The molecule has 0 unspecified atom stereocenters. The fourth-order valence-electron chi connectivity index (χ4n) is 1.02. The van der Waals surface area contributed by atoms with Crippen molar-refractivity contribution in [1.82, 2.24) is 9.97 Å². The molecule has 0 radical (unpaired) electrons. The van der Waals surface area contributed by atoms with Crippen LogP contribution in [0.15, 0.2) is 23.8 Å². The van der Waals surface area contributed by atoms with E-state index in [0.29, 0.717) is 11.0 Å². The third-order valence-electron chi connectivity index (χ3n) is 1.53. The van der Waals surface area contributed by atoms with Crippen LogP contribution in [0.4, 0.5) is 5.82 Å². The van der Waals surface area contributed by atoms with Gasteiger partial charge in [-0.2, -0.15) is 0 Å². The molecule has 0 aliphatic carbocycles. The van der Waals surface area contributed by atoms with Crippen molar-refractivity contribution in [2.45, 2.75) is 0 Å². The van der Waals surface area contributed by atoms with E-state index in [1.807, 2.05) is 0 Å². The van der Waals surface area contributed by atoms with E-state index in [9.17, 15) is 0 Å². The summed E-state index contributed by atoms with van der Waals surface area (Å²) in [5, 5.41) is 0.406. The maximum atomic E-state index is 5.76. The van der Waals surface area contributed by atoms with E-state index < -0.39 is 0 Å². The van der Waals surface area contributed by atoms with Gasteiger partial charge in [0.1, 0.15) is 11.0 Å². The molecule has 0 bridgehead atoms. The maximum Gasteiger partial charge on any atom is 0.132 e. The van der Waals surface area contributed by atoms with Crippen molar-refractivity contribution in [3.05, 3.63) is 29.0 Å². The number of hydrogen-bond donors (Lipinski definition) is 1. The Kier molecular flexibility index (Phi) is 2.16. The number of rotatable bonds is 1. The highest BCUT2D eigenvalue weighted by molar-refractivity contribution is 7.13. The number of nitrogens with zero attached hydrogens (tertiary/aromatic N) is 2. The first-order valence-corrected chi connectivity index (χ1v) is 4.83. The van der Waals surface area contributed by atoms with E-state index in [-0.39, 0.29) is 0 Å². The molecule has 13 heavy (non-hydrogen) atoms. The highest BCUT2D eigenvalue weighted by Gasteiger charge is 2.02. The molecule has 0 amide bonds. The second kappa shape index (κ2) is 3.32. The van der Waals surface area contributed by atoms with Crippen molar-refractivity contribution >= 4 is 28.8 Å². The van der Waals surface area contributed by atoms with Crippen LogP contribution in [0, 0.1) is 0 Å². The van der Waals surface area contributed by atoms with Gasteiger partial charge in [0.15, 0.2) is 0 Å². The Balaban J connectivity index is 2.53. The summed E-state index contributed by atoms with van der Waals surface area (Å²) in [6.07, 6.45) is 1.77. The third-order valence-corrected chi connectivity index (χ3v) is 2.55. The summed E-state index contributed by atoms with van der Waals surface area (Å²) in [5.41, 5.74) is 8.28. The average molecular weight is 212 g/mol. The van der Waals surface area contributed by atoms with Gasteiger partial charge in [0, 0.05) is 6.20 Å². The standard InChI is InChI=1S/C8H6ClN3S/c9-7-1-5(2-8(10)12-7)6-3-11-4-13-6/h1-4H,(H2,10,12). The molecule has 0 aliphatic rings. The molecule has 0 saturated carbocycles. The lowest BCUT2D eigenvalue weighted by atomic mass is 10.2. The first kappa shape index (κ1) is 8.47. The minimum absolute atomic E-state index is 0.406. The molecule has 0 spiro atoms. The monoisotopic (exact) mass is 211 g/mol. The lowest BCUT2D eigenvalue weighted by Crippen LogP contribution is -1.90. The molecule has 0 atom stereocenters. The van der Waals surface area contributed by atoms with Gasteiger partial charge in [0.25, 0.3) is 0 Å². The highest BCUT2D eigenvalue weighted by atomic mass is 35.5. The molecule has 0 aromatic carbocycles. The Morgan fingerprint density at radius 3 is 2.85 bits per heavy atom. The number of pyridine rings is 1. The van der Waals surface area contributed by atoms with Gasteiger partial charge in [0.05, 0.1) is 10.4 Å². The van der Waals surface area contributed by atoms with Gasteiger partial charge in [-0.05, 0) is 17.7 Å². The number of nitrogens with two attached hydrogens (primary N) is 1. The summed E-state index contributed by atoms with van der Waals surface area (Å²) in [6, 6.07) is 3.55. The molecule has 66 valence electrons. The van der Waals surface area contributed by atoms with Gasteiger partial charge in [-0.3, -0.25) is 4.98 Å².